The lowest BCUT2D eigenvalue weighted by Crippen LogP contribution is -2.27. The fraction of sp³-hybridized carbons (Fsp3) is 0.417. The number of nitrogens with zero attached hydrogens (tertiary/aromatic N) is 1. The van der Waals surface area contributed by atoms with Crippen LogP contribution in [0.15, 0.2) is 22.7 Å². The molecule has 4 heteroatoms. The number of hydrogen-bond donors (Lipinski definition) is 1. The van der Waals surface area contributed by atoms with E-state index in [-0.39, 0.29) is 0 Å². The molecular weight excluding hydrogens is 268 g/mol. The summed E-state index contributed by atoms with van der Waals surface area (Å²) >= 11 is 3.32. The first-order chi connectivity index (χ1) is 7.65. The van der Waals surface area contributed by atoms with Crippen molar-refractivity contribution in [3.63, 3.8) is 0 Å². The Morgan fingerprint density at radius 3 is 2.88 bits per heavy atom. The van der Waals surface area contributed by atoms with Gasteiger partial charge < -0.3 is 10.1 Å². The number of nitriles is 1. The average molecular weight is 283 g/mol. The first kappa shape index (κ1) is 13.0. The Kier molecular flexibility index (Phi) is 5.30. The summed E-state index contributed by atoms with van der Waals surface area (Å²) in [5.41, 5.74) is 0.548. The Hall–Kier alpha value is -1.05. The maximum absolute atomic E-state index is 8.97. The van der Waals surface area contributed by atoms with Crippen molar-refractivity contribution in [2.24, 2.45) is 0 Å². The molecule has 86 valence electrons. The molecule has 0 saturated heterocycles. The van der Waals surface area contributed by atoms with Gasteiger partial charge in [-0.1, -0.05) is 19.9 Å². The largest absolute Gasteiger partial charge is 0.491 e. The molecular formula is C12H15BrN2O. The summed E-state index contributed by atoms with van der Waals surface area (Å²) in [5, 5.41) is 12.2. The summed E-state index contributed by atoms with van der Waals surface area (Å²) in [5.74, 6) is 0.627. The van der Waals surface area contributed by atoms with E-state index in [1.54, 1.807) is 6.07 Å². The van der Waals surface area contributed by atoms with E-state index < -0.39 is 0 Å². The number of hydrogen-bond acceptors (Lipinski definition) is 3. The van der Waals surface area contributed by atoms with E-state index in [9.17, 15) is 0 Å². The zero-order valence-corrected chi connectivity index (χ0v) is 11.0. The molecule has 0 atom stereocenters. The van der Waals surface area contributed by atoms with E-state index in [2.05, 4.69) is 41.2 Å². The quantitative estimate of drug-likeness (QED) is 0.845. The van der Waals surface area contributed by atoms with Crippen molar-refractivity contribution in [2.75, 3.05) is 13.2 Å². The van der Waals surface area contributed by atoms with Crippen molar-refractivity contribution in [2.45, 2.75) is 19.9 Å². The zero-order valence-electron chi connectivity index (χ0n) is 9.46. The van der Waals surface area contributed by atoms with Crippen LogP contribution in [0, 0.1) is 11.3 Å². The minimum Gasteiger partial charge on any atom is -0.491 e. The number of rotatable bonds is 5. The van der Waals surface area contributed by atoms with E-state index in [0.717, 1.165) is 11.0 Å². The second kappa shape index (κ2) is 6.51. The van der Waals surface area contributed by atoms with Crippen LogP contribution in [0.3, 0.4) is 0 Å². The van der Waals surface area contributed by atoms with Gasteiger partial charge in [0, 0.05) is 17.1 Å². The first-order valence-corrected chi connectivity index (χ1v) is 5.99. The molecule has 0 heterocycles. The number of halogens is 1. The molecule has 0 fully saturated rings. The van der Waals surface area contributed by atoms with E-state index in [0.29, 0.717) is 24.0 Å². The van der Waals surface area contributed by atoms with E-state index >= 15 is 0 Å². The van der Waals surface area contributed by atoms with E-state index in [1.807, 2.05) is 12.1 Å². The maximum atomic E-state index is 8.97. The SMILES string of the molecule is CC(C)NCCOc1cccc(Br)c1C#N. The van der Waals surface area contributed by atoms with Gasteiger partial charge in [-0.3, -0.25) is 0 Å². The summed E-state index contributed by atoms with van der Waals surface area (Å²) in [6, 6.07) is 8.06. The van der Waals surface area contributed by atoms with Gasteiger partial charge in [0.2, 0.25) is 0 Å². The van der Waals surface area contributed by atoms with Crippen LogP contribution in [0.25, 0.3) is 0 Å². The van der Waals surface area contributed by atoms with Gasteiger partial charge >= 0.3 is 0 Å². The molecule has 16 heavy (non-hydrogen) atoms. The lowest BCUT2D eigenvalue weighted by molar-refractivity contribution is 0.308. The highest BCUT2D eigenvalue weighted by molar-refractivity contribution is 9.10. The second-order valence-corrected chi connectivity index (χ2v) is 4.54. The van der Waals surface area contributed by atoms with E-state index in [1.165, 1.54) is 0 Å². The van der Waals surface area contributed by atoms with Gasteiger partial charge in [0.25, 0.3) is 0 Å². The summed E-state index contributed by atoms with van der Waals surface area (Å²) in [4.78, 5) is 0. The predicted octanol–water partition coefficient (Wildman–Crippen LogP) is 2.70. The third-order valence-electron chi connectivity index (χ3n) is 2.00. The predicted molar refractivity (Wildman–Crippen MR) is 67.5 cm³/mol. The van der Waals surface area contributed by atoms with E-state index in [4.69, 9.17) is 10.00 Å². The van der Waals surface area contributed by atoms with Crippen molar-refractivity contribution in [1.82, 2.24) is 5.32 Å². The monoisotopic (exact) mass is 282 g/mol. The molecule has 0 amide bonds. The third-order valence-corrected chi connectivity index (χ3v) is 2.66. The summed E-state index contributed by atoms with van der Waals surface area (Å²) < 4.78 is 6.31. The molecule has 0 aromatic heterocycles. The third kappa shape index (κ3) is 3.84. The highest BCUT2D eigenvalue weighted by atomic mass is 79.9. The first-order valence-electron chi connectivity index (χ1n) is 5.20. The number of ether oxygens (including phenoxy) is 1. The van der Waals surface area contributed by atoms with Gasteiger partial charge in [0.05, 0.1) is 0 Å². The lowest BCUT2D eigenvalue weighted by Gasteiger charge is -2.11. The highest BCUT2D eigenvalue weighted by Crippen LogP contribution is 2.25. The number of nitrogens with one attached hydrogen (secondary N) is 1. The molecule has 0 unspecified atom stereocenters. The Morgan fingerprint density at radius 1 is 1.50 bits per heavy atom. The van der Waals surface area contributed by atoms with Crippen molar-refractivity contribution in [1.29, 1.82) is 5.26 Å². The number of benzene rings is 1. The molecule has 0 radical (unpaired) electrons. The topological polar surface area (TPSA) is 45.0 Å². The molecule has 3 nitrogen and oxygen atoms in total. The lowest BCUT2D eigenvalue weighted by atomic mass is 10.2. The van der Waals surface area contributed by atoms with Crippen molar-refractivity contribution >= 4 is 15.9 Å². The standard InChI is InChI=1S/C12H15BrN2O/c1-9(2)15-6-7-16-12-5-3-4-11(13)10(12)8-14/h3-5,9,15H,6-7H2,1-2H3. The Balaban J connectivity index is 2.54. The van der Waals surface area contributed by atoms with Gasteiger partial charge in [-0.15, -0.1) is 0 Å². The Labute approximate surface area is 105 Å². The van der Waals surface area contributed by atoms with Gasteiger partial charge in [0.15, 0.2) is 0 Å². The minimum absolute atomic E-state index is 0.446. The van der Waals surface area contributed by atoms with Crippen LogP contribution in [0.5, 0.6) is 5.75 Å². The van der Waals surface area contributed by atoms with Crippen molar-refractivity contribution < 1.29 is 4.74 Å². The fourth-order valence-electron chi connectivity index (χ4n) is 1.24. The molecule has 0 aliphatic carbocycles. The summed E-state index contributed by atoms with van der Waals surface area (Å²) in [6.45, 7) is 5.50. The average Bonchev–Trinajstić information content (AvgIpc) is 2.24. The van der Waals surface area contributed by atoms with Crippen LogP contribution in [0.2, 0.25) is 0 Å². The van der Waals surface area contributed by atoms with Crippen LogP contribution in [-0.2, 0) is 0 Å². The van der Waals surface area contributed by atoms with Gasteiger partial charge in [-0.2, -0.15) is 5.26 Å². The van der Waals surface area contributed by atoms with Gasteiger partial charge in [0.1, 0.15) is 24.0 Å². The molecule has 1 N–H and O–H groups in total. The van der Waals surface area contributed by atoms with Gasteiger partial charge in [-0.05, 0) is 28.1 Å². The van der Waals surface area contributed by atoms with Crippen molar-refractivity contribution in [3.8, 4) is 11.8 Å². The van der Waals surface area contributed by atoms with Crippen LogP contribution in [0.1, 0.15) is 19.4 Å². The van der Waals surface area contributed by atoms with Gasteiger partial charge in [-0.25, -0.2) is 0 Å². The second-order valence-electron chi connectivity index (χ2n) is 3.68. The molecule has 0 aliphatic rings. The Morgan fingerprint density at radius 2 is 2.25 bits per heavy atom. The Bertz CT molecular complexity index is 385. The molecule has 0 spiro atoms. The van der Waals surface area contributed by atoms with Crippen LogP contribution in [-0.4, -0.2) is 19.2 Å². The normalized spacial score (nSPS) is 10.2. The smallest absolute Gasteiger partial charge is 0.138 e. The zero-order chi connectivity index (χ0) is 12.0. The molecule has 0 bridgehead atoms. The molecule has 0 aliphatic heterocycles. The van der Waals surface area contributed by atoms with Crippen LogP contribution < -0.4 is 10.1 Å². The molecule has 1 aromatic rings. The molecule has 0 saturated carbocycles. The van der Waals surface area contributed by atoms with Crippen molar-refractivity contribution in [3.05, 3.63) is 28.2 Å². The van der Waals surface area contributed by atoms with Crippen LogP contribution in [0.4, 0.5) is 0 Å². The molecule has 1 aromatic carbocycles. The fourth-order valence-corrected chi connectivity index (χ4v) is 1.68. The minimum atomic E-state index is 0.446. The summed E-state index contributed by atoms with van der Waals surface area (Å²) in [7, 11) is 0. The summed E-state index contributed by atoms with van der Waals surface area (Å²) in [6.07, 6.45) is 0. The molecule has 1 rings (SSSR count). The highest BCUT2D eigenvalue weighted by Gasteiger charge is 2.06. The maximum Gasteiger partial charge on any atom is 0.138 e. The van der Waals surface area contributed by atoms with Crippen LogP contribution >= 0.6 is 15.9 Å².